The predicted molar refractivity (Wildman–Crippen MR) is 208 cm³/mol. The van der Waals surface area contributed by atoms with Crippen molar-refractivity contribution >= 4 is 63.8 Å². The van der Waals surface area contributed by atoms with Crippen LogP contribution in [0.1, 0.15) is 49.3 Å². The Morgan fingerprint density at radius 1 is 0.964 bits per heavy atom. The number of hydrogen-bond acceptors (Lipinski definition) is 11. The highest BCUT2D eigenvalue weighted by atomic mass is 32.2. The van der Waals surface area contributed by atoms with E-state index in [-0.39, 0.29) is 34.5 Å². The molecule has 0 saturated carbocycles. The van der Waals surface area contributed by atoms with Gasteiger partial charge in [0.25, 0.3) is 11.8 Å². The molecule has 4 N–H and O–H groups in total. The molecule has 1 fully saturated rings. The van der Waals surface area contributed by atoms with E-state index in [1.54, 1.807) is 32.2 Å². The molecule has 0 aliphatic carbocycles. The van der Waals surface area contributed by atoms with Gasteiger partial charge in [0.15, 0.2) is 11.2 Å². The molecule has 3 heterocycles. The number of rotatable bonds is 12. The Balaban J connectivity index is 1.25. The lowest BCUT2D eigenvalue weighted by atomic mass is 10.00. The molecule has 3 aromatic carbocycles. The van der Waals surface area contributed by atoms with E-state index in [4.69, 9.17) is 19.9 Å². The topological polar surface area (TPSA) is 179 Å². The van der Waals surface area contributed by atoms with Crippen LogP contribution < -0.4 is 16.4 Å². The monoisotopic (exact) mass is 781 g/mol. The summed E-state index contributed by atoms with van der Waals surface area (Å²) >= 11 is 2.41. The maximum Gasteiger partial charge on any atom is 0.413 e. The SMILES string of the molecule is CC(C)(C)OC(=O)Nc1nc(/C(=C/Cc2ccccc2)C(=O)N[C@@H]2C(=O)N3C(C(=O)OC(c4ccccc4)c4ccccc4)=C(COC(N)=O)CS[C@H]23)cs1. The van der Waals surface area contributed by atoms with Crippen molar-refractivity contribution in [1.82, 2.24) is 15.2 Å². The third-order valence-corrected chi connectivity index (χ3v) is 10.5. The normalized spacial score (nSPS) is 16.8. The highest BCUT2D eigenvalue weighted by molar-refractivity contribution is 8.00. The van der Waals surface area contributed by atoms with Crippen LogP contribution in [0.4, 0.5) is 14.7 Å². The van der Waals surface area contributed by atoms with E-state index in [9.17, 15) is 24.0 Å². The average molecular weight is 782 g/mol. The quantitative estimate of drug-likeness (QED) is 0.0649. The number of esters is 1. The third kappa shape index (κ3) is 9.60. The van der Waals surface area contributed by atoms with Gasteiger partial charge in [-0.15, -0.1) is 23.1 Å². The van der Waals surface area contributed by atoms with Gasteiger partial charge < -0.3 is 25.3 Å². The van der Waals surface area contributed by atoms with E-state index >= 15 is 0 Å². The Hall–Kier alpha value is -5.93. The fraction of sp³-hybridized carbons (Fsp3) is 0.250. The van der Waals surface area contributed by atoms with Crippen LogP contribution >= 0.6 is 23.1 Å². The van der Waals surface area contributed by atoms with Gasteiger partial charge in [-0.25, -0.2) is 19.4 Å². The van der Waals surface area contributed by atoms with Gasteiger partial charge >= 0.3 is 18.2 Å². The number of nitrogens with two attached hydrogens (primary N) is 1. The Kier molecular flexibility index (Phi) is 12.0. The Morgan fingerprint density at radius 2 is 1.58 bits per heavy atom. The van der Waals surface area contributed by atoms with Crippen molar-refractivity contribution in [3.63, 3.8) is 0 Å². The summed E-state index contributed by atoms with van der Waals surface area (Å²) in [6.45, 7) is 4.89. The molecule has 0 spiro atoms. The zero-order valence-electron chi connectivity index (χ0n) is 30.2. The third-order valence-electron chi connectivity index (χ3n) is 8.36. The molecule has 6 rings (SSSR count). The number of hydrogen-bond donors (Lipinski definition) is 3. The van der Waals surface area contributed by atoms with Crippen molar-refractivity contribution in [3.05, 3.63) is 136 Å². The van der Waals surface area contributed by atoms with Gasteiger partial charge in [0.1, 0.15) is 29.3 Å². The van der Waals surface area contributed by atoms with E-state index in [2.05, 4.69) is 15.6 Å². The maximum absolute atomic E-state index is 14.1. The number of carbonyl (C=O) groups is 5. The van der Waals surface area contributed by atoms with Gasteiger partial charge in [0.2, 0.25) is 0 Å². The second kappa shape index (κ2) is 17.0. The zero-order valence-corrected chi connectivity index (χ0v) is 31.9. The summed E-state index contributed by atoms with van der Waals surface area (Å²) < 4.78 is 16.5. The standard InChI is InChI=1S/C40H39N5O8S2/c1-40(2,3)53-39(50)44-38-42-29(23-55-38)28(20-19-24-13-7-4-8-14-24)33(46)43-30-34(47)45-31(27(21-51-37(41)49)22-54-35(30)45)36(48)52-32(25-15-9-5-10-16-25)26-17-11-6-12-18-26/h4-18,20,23,30,32,35H,19,21-22H2,1-3H3,(H2,41,49)(H,43,46)(H,42,44,50)/b28-20-/t30-,35-/m1/s1. The van der Waals surface area contributed by atoms with Crippen molar-refractivity contribution in [2.45, 2.75) is 50.3 Å². The molecule has 2 aliphatic rings. The maximum atomic E-state index is 14.1. The van der Waals surface area contributed by atoms with Crippen LogP contribution in [0.3, 0.4) is 0 Å². The summed E-state index contributed by atoms with van der Waals surface area (Å²) in [4.78, 5) is 71.9. The van der Waals surface area contributed by atoms with Gasteiger partial charge in [-0.05, 0) is 43.9 Å². The van der Waals surface area contributed by atoms with Crippen LogP contribution in [0.2, 0.25) is 0 Å². The molecule has 2 atom stereocenters. The average Bonchev–Trinajstić information content (AvgIpc) is 3.62. The molecule has 1 aromatic heterocycles. The molecule has 284 valence electrons. The number of nitrogens with one attached hydrogen (secondary N) is 2. The second-order valence-corrected chi connectivity index (χ2v) is 15.5. The summed E-state index contributed by atoms with van der Waals surface area (Å²) in [7, 11) is 0. The number of ether oxygens (including phenoxy) is 3. The number of amides is 4. The van der Waals surface area contributed by atoms with Crippen molar-refractivity contribution in [3.8, 4) is 0 Å². The molecule has 0 radical (unpaired) electrons. The Morgan fingerprint density at radius 3 is 2.18 bits per heavy atom. The largest absolute Gasteiger partial charge is 0.448 e. The first-order chi connectivity index (χ1) is 26.4. The smallest absolute Gasteiger partial charge is 0.413 e. The fourth-order valence-corrected chi connectivity index (χ4v) is 7.92. The van der Waals surface area contributed by atoms with E-state index in [0.29, 0.717) is 23.1 Å². The lowest BCUT2D eigenvalue weighted by Gasteiger charge is -2.49. The molecule has 2 aliphatic heterocycles. The minimum Gasteiger partial charge on any atom is -0.448 e. The van der Waals surface area contributed by atoms with E-state index < -0.39 is 53.1 Å². The first-order valence-electron chi connectivity index (χ1n) is 17.3. The van der Waals surface area contributed by atoms with Crippen molar-refractivity contribution in [2.24, 2.45) is 5.73 Å². The van der Waals surface area contributed by atoms with Crippen LogP contribution in [0.25, 0.3) is 5.57 Å². The lowest BCUT2D eigenvalue weighted by molar-refractivity contribution is -0.154. The molecule has 4 amide bonds. The minimum atomic E-state index is -1.04. The molecule has 0 unspecified atom stereocenters. The van der Waals surface area contributed by atoms with Gasteiger partial charge in [-0.2, -0.15) is 0 Å². The van der Waals surface area contributed by atoms with Crippen molar-refractivity contribution in [2.75, 3.05) is 17.7 Å². The molecule has 0 bridgehead atoms. The first kappa shape index (κ1) is 38.8. The summed E-state index contributed by atoms with van der Waals surface area (Å²) in [6.07, 6.45) is -0.457. The molecule has 1 saturated heterocycles. The van der Waals surface area contributed by atoms with Crippen LogP contribution in [0.15, 0.2) is 114 Å². The van der Waals surface area contributed by atoms with Crippen LogP contribution in [-0.2, 0) is 35.0 Å². The van der Waals surface area contributed by atoms with E-state index in [1.807, 2.05) is 91.0 Å². The number of aromatic nitrogens is 1. The van der Waals surface area contributed by atoms with Crippen LogP contribution in [0.5, 0.6) is 0 Å². The zero-order chi connectivity index (χ0) is 39.1. The number of primary amides is 1. The number of β-lactam (4-membered cyclic amide) rings is 1. The molecule has 15 heteroatoms. The fourth-order valence-electron chi connectivity index (χ4n) is 5.90. The number of fused-ring (bicyclic) bond motifs is 1. The van der Waals surface area contributed by atoms with Gasteiger partial charge in [-0.1, -0.05) is 97.1 Å². The van der Waals surface area contributed by atoms with Crippen molar-refractivity contribution < 1.29 is 38.2 Å². The molecule has 4 aromatic rings. The lowest BCUT2D eigenvalue weighted by Crippen LogP contribution is -2.70. The predicted octanol–water partition coefficient (Wildman–Crippen LogP) is 6.20. The molecule has 13 nitrogen and oxygen atoms in total. The first-order valence-corrected chi connectivity index (χ1v) is 19.2. The number of carbonyl (C=O) groups excluding carboxylic acids is 5. The van der Waals surface area contributed by atoms with Gasteiger partial charge in [0.05, 0.1) is 11.3 Å². The van der Waals surface area contributed by atoms with Gasteiger partial charge in [-0.3, -0.25) is 19.8 Å². The Labute approximate surface area is 325 Å². The number of anilines is 1. The van der Waals surface area contributed by atoms with Crippen molar-refractivity contribution in [1.29, 1.82) is 0 Å². The van der Waals surface area contributed by atoms with Crippen LogP contribution in [0, 0.1) is 0 Å². The van der Waals surface area contributed by atoms with Crippen LogP contribution in [-0.4, -0.2) is 69.2 Å². The Bertz CT molecular complexity index is 2080. The highest BCUT2D eigenvalue weighted by Crippen LogP contribution is 2.42. The summed E-state index contributed by atoms with van der Waals surface area (Å²) in [5, 5.41) is 6.62. The second-order valence-electron chi connectivity index (χ2n) is 13.5. The summed E-state index contributed by atoms with van der Waals surface area (Å²) in [5.41, 5.74) is 7.62. The number of thioether (sulfide) groups is 1. The van der Waals surface area contributed by atoms with E-state index in [1.165, 1.54) is 16.7 Å². The summed E-state index contributed by atoms with van der Waals surface area (Å²) in [6, 6.07) is 26.8. The van der Waals surface area contributed by atoms with E-state index in [0.717, 1.165) is 16.9 Å². The minimum absolute atomic E-state index is 0.0745. The number of benzene rings is 3. The summed E-state index contributed by atoms with van der Waals surface area (Å²) in [5.74, 6) is -1.76. The number of thiazole rings is 1. The molecule has 55 heavy (non-hydrogen) atoms. The number of nitrogens with zero attached hydrogens (tertiary/aromatic N) is 2. The molecular formula is C40H39N5O8S2. The van der Waals surface area contributed by atoms with Gasteiger partial charge in [0, 0.05) is 16.7 Å². The molecular weight excluding hydrogens is 743 g/mol. The number of allylic oxidation sites excluding steroid dienone is 1. The highest BCUT2D eigenvalue weighted by Gasteiger charge is 2.55.